The Hall–Kier alpha value is -1.40. The second-order valence-electron chi connectivity index (χ2n) is 1.94. The lowest BCUT2D eigenvalue weighted by atomic mass is 10.2. The highest BCUT2D eigenvalue weighted by Crippen LogP contribution is 2.18. The largest absolute Gasteiger partial charge is 0.477 e. The van der Waals surface area contributed by atoms with Crippen LogP contribution in [0.1, 0.15) is 6.42 Å². The second-order valence-corrected chi connectivity index (χ2v) is 1.94. The fraction of sp³-hybridized carbons (Fsp3) is 0.400. The third-order valence-electron chi connectivity index (χ3n) is 0.954. The van der Waals surface area contributed by atoms with Crippen LogP contribution in [0.3, 0.4) is 0 Å². The molecule has 68 valence electrons. The van der Waals surface area contributed by atoms with E-state index in [2.05, 4.69) is 0 Å². The van der Waals surface area contributed by atoms with Gasteiger partial charge in [0, 0.05) is 6.42 Å². The molecule has 0 aliphatic heterocycles. The molecule has 0 atom stereocenters. The molecule has 3 N–H and O–H groups in total. The molecule has 0 unspecified atom stereocenters. The molecule has 7 heteroatoms. The highest BCUT2D eigenvalue weighted by atomic mass is 19.4. The maximum Gasteiger partial charge on any atom is 0.429 e. The molecule has 0 radical (unpaired) electrons. The Balaban J connectivity index is 4.21. The summed E-state index contributed by atoms with van der Waals surface area (Å²) in [6.45, 7) is 0. The summed E-state index contributed by atoms with van der Waals surface area (Å²) in [5, 5.41) is 20.9. The summed E-state index contributed by atoms with van der Waals surface area (Å²) in [5.74, 6) is -1.75. The summed E-state index contributed by atoms with van der Waals surface area (Å²) in [6, 6.07) is 0. The third-order valence-corrected chi connectivity index (χ3v) is 0.954. The molecule has 0 bridgehead atoms. The predicted molar refractivity (Wildman–Crippen MR) is 33.8 cm³/mol. The van der Waals surface area contributed by atoms with E-state index in [1.807, 2.05) is 0 Å². The van der Waals surface area contributed by atoms with Crippen LogP contribution in [-0.4, -0.2) is 28.7 Å². The van der Waals surface area contributed by atoms with Crippen LogP contribution in [0, 0.1) is 10.8 Å². The van der Waals surface area contributed by atoms with Crippen LogP contribution >= 0.6 is 0 Å². The second kappa shape index (κ2) is 3.33. The zero-order valence-electron chi connectivity index (χ0n) is 5.70. The van der Waals surface area contributed by atoms with Crippen molar-refractivity contribution in [1.82, 2.24) is 0 Å². The van der Waals surface area contributed by atoms with Crippen LogP contribution in [-0.2, 0) is 4.79 Å². The molecule has 0 aromatic rings. The minimum absolute atomic E-state index is 1.14. The fourth-order valence-electron chi connectivity index (χ4n) is 0.353. The van der Waals surface area contributed by atoms with Gasteiger partial charge in [-0.15, -0.1) is 0 Å². The summed E-state index contributed by atoms with van der Waals surface area (Å²) in [7, 11) is 0. The molecule has 0 amide bonds. The molecule has 0 aliphatic carbocycles. The Morgan fingerprint density at radius 3 is 2.00 bits per heavy atom. The van der Waals surface area contributed by atoms with Crippen molar-refractivity contribution in [2.75, 3.05) is 0 Å². The quantitative estimate of drug-likeness (QED) is 0.570. The minimum Gasteiger partial charge on any atom is -0.477 e. The van der Waals surface area contributed by atoms with E-state index in [4.69, 9.17) is 15.9 Å². The van der Waals surface area contributed by atoms with E-state index in [-0.39, 0.29) is 0 Å². The van der Waals surface area contributed by atoms with Crippen LogP contribution in [0.5, 0.6) is 0 Å². The number of hydrogen-bond donors (Lipinski definition) is 3. The number of alkyl halides is 3. The van der Waals surface area contributed by atoms with E-state index in [1.54, 1.807) is 0 Å². The van der Waals surface area contributed by atoms with E-state index in [9.17, 15) is 18.0 Å². The number of halogens is 3. The number of rotatable bonds is 3. The molecule has 0 rings (SSSR count). The van der Waals surface area contributed by atoms with Crippen molar-refractivity contribution >= 4 is 17.4 Å². The molecule has 0 aromatic carbocycles. The average molecular weight is 182 g/mol. The van der Waals surface area contributed by atoms with Gasteiger partial charge in [0.1, 0.15) is 11.4 Å². The fourth-order valence-corrected chi connectivity index (χ4v) is 0.353. The maximum atomic E-state index is 11.6. The summed E-state index contributed by atoms with van der Waals surface area (Å²) < 4.78 is 34.7. The molecular formula is C5H5F3N2O2. The van der Waals surface area contributed by atoms with E-state index in [0.29, 0.717) is 0 Å². The number of aliphatic carboxylic acids is 1. The van der Waals surface area contributed by atoms with Gasteiger partial charge in [0.15, 0.2) is 0 Å². The molecule has 0 aliphatic rings. The number of carbonyl (C=O) groups is 1. The van der Waals surface area contributed by atoms with Gasteiger partial charge in [0.05, 0.1) is 0 Å². The summed E-state index contributed by atoms with van der Waals surface area (Å²) in [6.07, 6.45) is -6.04. The van der Waals surface area contributed by atoms with Crippen LogP contribution in [0.4, 0.5) is 13.2 Å². The van der Waals surface area contributed by atoms with Crippen LogP contribution in [0.15, 0.2) is 0 Å². The monoisotopic (exact) mass is 182 g/mol. The van der Waals surface area contributed by atoms with Gasteiger partial charge in [-0.1, -0.05) is 0 Å². The van der Waals surface area contributed by atoms with Crippen molar-refractivity contribution < 1.29 is 23.1 Å². The van der Waals surface area contributed by atoms with E-state index < -0.39 is 30.0 Å². The lowest BCUT2D eigenvalue weighted by Gasteiger charge is -2.06. The van der Waals surface area contributed by atoms with Gasteiger partial charge >= 0.3 is 12.1 Å². The van der Waals surface area contributed by atoms with Crippen molar-refractivity contribution in [3.05, 3.63) is 0 Å². The highest BCUT2D eigenvalue weighted by molar-refractivity contribution is 6.38. The molecule has 0 heterocycles. The molecule has 0 saturated carbocycles. The Morgan fingerprint density at radius 1 is 1.33 bits per heavy atom. The van der Waals surface area contributed by atoms with Crippen molar-refractivity contribution in [2.45, 2.75) is 12.6 Å². The van der Waals surface area contributed by atoms with Gasteiger partial charge in [-0.3, -0.25) is 5.41 Å². The van der Waals surface area contributed by atoms with Gasteiger partial charge in [0.25, 0.3) is 0 Å². The molecule has 0 aromatic heterocycles. The molecule has 0 saturated heterocycles. The first-order valence-corrected chi connectivity index (χ1v) is 2.70. The Morgan fingerprint density at radius 2 is 1.75 bits per heavy atom. The van der Waals surface area contributed by atoms with Gasteiger partial charge in [-0.25, -0.2) is 4.79 Å². The highest BCUT2D eigenvalue weighted by Gasteiger charge is 2.35. The number of hydrogen-bond acceptors (Lipinski definition) is 3. The predicted octanol–water partition coefficient (Wildman–Crippen LogP) is 1.06. The lowest BCUT2D eigenvalue weighted by molar-refractivity contribution is -0.129. The van der Waals surface area contributed by atoms with Crippen molar-refractivity contribution in [2.24, 2.45) is 0 Å². The minimum atomic E-state index is -4.85. The standard InChI is InChI=1S/C5H5F3N2O2/c6-5(7,8)3(10)1-2(9)4(11)12/h9-10H,1H2,(H,11,12). The van der Waals surface area contributed by atoms with E-state index in [1.165, 1.54) is 0 Å². The molecule has 12 heavy (non-hydrogen) atoms. The van der Waals surface area contributed by atoms with Crippen LogP contribution in [0.25, 0.3) is 0 Å². The summed E-state index contributed by atoms with van der Waals surface area (Å²) >= 11 is 0. The van der Waals surface area contributed by atoms with Crippen LogP contribution in [0.2, 0.25) is 0 Å². The SMILES string of the molecule is N=C(CC(=N)C(F)(F)F)C(=O)O. The third kappa shape index (κ3) is 3.13. The Labute approximate surface area is 65.0 Å². The lowest BCUT2D eigenvalue weighted by Crippen LogP contribution is -2.27. The van der Waals surface area contributed by atoms with Gasteiger partial charge in [-0.05, 0) is 0 Å². The first kappa shape index (κ1) is 10.6. The van der Waals surface area contributed by atoms with Gasteiger partial charge in [0.2, 0.25) is 0 Å². The Kier molecular flexibility index (Phi) is 2.94. The van der Waals surface area contributed by atoms with E-state index >= 15 is 0 Å². The maximum absolute atomic E-state index is 11.6. The first-order chi connectivity index (χ1) is 5.25. The number of nitrogens with one attached hydrogen (secondary N) is 2. The van der Waals surface area contributed by atoms with Crippen molar-refractivity contribution in [3.8, 4) is 0 Å². The molecule has 0 spiro atoms. The zero-order chi connectivity index (χ0) is 9.94. The first-order valence-electron chi connectivity index (χ1n) is 2.70. The van der Waals surface area contributed by atoms with Crippen molar-refractivity contribution in [3.63, 3.8) is 0 Å². The molecular weight excluding hydrogens is 177 g/mol. The van der Waals surface area contributed by atoms with Gasteiger partial charge < -0.3 is 10.5 Å². The van der Waals surface area contributed by atoms with E-state index in [0.717, 1.165) is 0 Å². The summed E-state index contributed by atoms with van der Waals surface area (Å²) in [4.78, 5) is 9.87. The van der Waals surface area contributed by atoms with Gasteiger partial charge in [-0.2, -0.15) is 13.2 Å². The average Bonchev–Trinajstić information content (AvgIpc) is 1.85. The molecule has 4 nitrogen and oxygen atoms in total. The summed E-state index contributed by atoms with van der Waals surface area (Å²) in [5.41, 5.74) is -2.87. The number of carboxylic acid groups (broad SMARTS) is 1. The van der Waals surface area contributed by atoms with Crippen LogP contribution < -0.4 is 0 Å². The Bertz CT molecular complexity index is 233. The number of carboxylic acids is 1. The normalized spacial score (nSPS) is 10.9. The smallest absolute Gasteiger partial charge is 0.429 e. The topological polar surface area (TPSA) is 85.0 Å². The molecule has 0 fully saturated rings. The van der Waals surface area contributed by atoms with Crippen molar-refractivity contribution in [1.29, 1.82) is 10.8 Å². The zero-order valence-corrected chi connectivity index (χ0v) is 5.70.